The van der Waals surface area contributed by atoms with Gasteiger partial charge in [-0.15, -0.1) is 0 Å². The third-order valence-electron chi connectivity index (χ3n) is 4.64. The molecule has 4 nitrogen and oxygen atoms in total. The summed E-state index contributed by atoms with van der Waals surface area (Å²) in [6.45, 7) is 10.1. The van der Waals surface area contributed by atoms with Crippen molar-refractivity contribution >= 4 is 0 Å². The van der Waals surface area contributed by atoms with Gasteiger partial charge in [-0.1, -0.05) is 26.0 Å². The predicted octanol–water partition coefficient (Wildman–Crippen LogP) is 2.83. The second-order valence-electron chi connectivity index (χ2n) is 7.14. The Balaban J connectivity index is 1.80. The number of likely N-dealkylation sites (tertiary alicyclic amines) is 1. The van der Waals surface area contributed by atoms with Crippen LogP contribution >= 0.6 is 0 Å². The van der Waals surface area contributed by atoms with Gasteiger partial charge in [-0.05, 0) is 56.5 Å². The van der Waals surface area contributed by atoms with Crippen LogP contribution in [0.5, 0.6) is 5.75 Å². The quantitative estimate of drug-likeness (QED) is 0.811. The fourth-order valence-electron chi connectivity index (χ4n) is 3.35. The smallest absolute Gasteiger partial charge is 0.118 e. The van der Waals surface area contributed by atoms with Gasteiger partial charge in [0.2, 0.25) is 0 Å². The van der Waals surface area contributed by atoms with Crippen molar-refractivity contribution in [2.75, 3.05) is 26.7 Å². The Bertz CT molecular complexity index is 453. The maximum Gasteiger partial charge on any atom is 0.118 e. The number of nitrogens with zero attached hydrogens (tertiary/aromatic N) is 1. The minimum Gasteiger partial charge on any atom is -0.497 e. The number of hydrogen-bond acceptors (Lipinski definition) is 4. The Morgan fingerprint density at radius 2 is 1.78 bits per heavy atom. The summed E-state index contributed by atoms with van der Waals surface area (Å²) >= 11 is 0. The highest BCUT2D eigenvalue weighted by atomic mass is 16.5. The zero-order valence-electron chi connectivity index (χ0n) is 15.0. The van der Waals surface area contributed by atoms with Crippen molar-refractivity contribution in [2.45, 2.75) is 51.8 Å². The van der Waals surface area contributed by atoms with E-state index in [0.29, 0.717) is 6.04 Å². The summed E-state index contributed by atoms with van der Waals surface area (Å²) in [6, 6.07) is 8.22. The fraction of sp³-hybridized carbons (Fsp3) is 0.684. The molecule has 2 atom stereocenters. The Kier molecular flexibility index (Phi) is 6.88. The predicted molar refractivity (Wildman–Crippen MR) is 94.9 cm³/mol. The summed E-state index contributed by atoms with van der Waals surface area (Å²) in [5.74, 6) is 1.55. The highest BCUT2D eigenvalue weighted by molar-refractivity contribution is 5.29. The van der Waals surface area contributed by atoms with E-state index in [4.69, 9.17) is 4.74 Å². The molecule has 0 aromatic heterocycles. The molecule has 2 rings (SSSR count). The minimum atomic E-state index is -0.491. The number of piperidine rings is 1. The molecule has 0 radical (unpaired) electrons. The number of nitrogens with one attached hydrogen (secondary N) is 1. The molecular weight excluding hydrogens is 288 g/mol. The number of rotatable bonds is 7. The molecule has 0 amide bonds. The van der Waals surface area contributed by atoms with Crippen LogP contribution in [0.15, 0.2) is 24.3 Å². The normalized spacial score (nSPS) is 19.7. The lowest BCUT2D eigenvalue weighted by atomic mass is 9.99. The molecule has 1 saturated heterocycles. The maximum absolute atomic E-state index is 10.5. The van der Waals surface area contributed by atoms with E-state index in [9.17, 15) is 5.11 Å². The molecule has 0 spiro atoms. The van der Waals surface area contributed by atoms with Gasteiger partial charge in [-0.2, -0.15) is 0 Å². The molecule has 1 aromatic rings. The van der Waals surface area contributed by atoms with E-state index in [1.165, 1.54) is 6.54 Å². The molecule has 1 aliphatic heterocycles. The highest BCUT2D eigenvalue weighted by Crippen LogP contribution is 2.21. The second-order valence-corrected chi connectivity index (χ2v) is 7.14. The van der Waals surface area contributed by atoms with Crippen molar-refractivity contribution in [3.63, 3.8) is 0 Å². The summed E-state index contributed by atoms with van der Waals surface area (Å²) in [5.41, 5.74) is 0.933. The van der Waals surface area contributed by atoms with Crippen LogP contribution in [0.2, 0.25) is 0 Å². The summed E-state index contributed by atoms with van der Waals surface area (Å²) in [4.78, 5) is 2.55. The molecule has 1 heterocycles. The van der Waals surface area contributed by atoms with Gasteiger partial charge in [0, 0.05) is 18.6 Å². The Morgan fingerprint density at radius 1 is 1.17 bits per heavy atom. The highest BCUT2D eigenvalue weighted by Gasteiger charge is 2.24. The maximum atomic E-state index is 10.5. The molecule has 1 aliphatic rings. The van der Waals surface area contributed by atoms with E-state index in [1.807, 2.05) is 24.3 Å². The van der Waals surface area contributed by atoms with Crippen LogP contribution in [0, 0.1) is 5.92 Å². The number of ether oxygens (including phenoxy) is 1. The van der Waals surface area contributed by atoms with Crippen LogP contribution in [0.3, 0.4) is 0 Å². The van der Waals surface area contributed by atoms with E-state index >= 15 is 0 Å². The van der Waals surface area contributed by atoms with E-state index in [0.717, 1.165) is 43.2 Å². The molecule has 0 saturated carbocycles. The van der Waals surface area contributed by atoms with Crippen molar-refractivity contribution in [3.8, 4) is 5.75 Å². The van der Waals surface area contributed by atoms with Crippen molar-refractivity contribution in [1.29, 1.82) is 0 Å². The molecule has 2 unspecified atom stereocenters. The van der Waals surface area contributed by atoms with Gasteiger partial charge in [-0.3, -0.25) is 0 Å². The molecule has 1 fully saturated rings. The summed E-state index contributed by atoms with van der Waals surface area (Å²) < 4.78 is 5.17. The zero-order chi connectivity index (χ0) is 16.8. The van der Waals surface area contributed by atoms with Gasteiger partial charge >= 0.3 is 0 Å². The van der Waals surface area contributed by atoms with E-state index in [1.54, 1.807) is 7.11 Å². The third-order valence-corrected chi connectivity index (χ3v) is 4.64. The molecule has 130 valence electrons. The summed E-state index contributed by atoms with van der Waals surface area (Å²) in [7, 11) is 1.65. The first-order chi connectivity index (χ1) is 11.0. The van der Waals surface area contributed by atoms with Crippen LogP contribution < -0.4 is 10.1 Å². The van der Waals surface area contributed by atoms with Crippen molar-refractivity contribution in [2.24, 2.45) is 5.92 Å². The van der Waals surface area contributed by atoms with Gasteiger partial charge in [0.25, 0.3) is 0 Å². The topological polar surface area (TPSA) is 44.7 Å². The molecule has 23 heavy (non-hydrogen) atoms. The Hall–Kier alpha value is -1.10. The first-order valence-electron chi connectivity index (χ1n) is 8.80. The van der Waals surface area contributed by atoms with E-state index in [-0.39, 0.29) is 6.04 Å². The van der Waals surface area contributed by atoms with Crippen molar-refractivity contribution in [1.82, 2.24) is 10.2 Å². The first-order valence-corrected chi connectivity index (χ1v) is 8.80. The third kappa shape index (κ3) is 5.48. The molecular formula is C19H32N2O2. The first kappa shape index (κ1) is 18.2. The van der Waals surface area contributed by atoms with Crippen molar-refractivity contribution < 1.29 is 9.84 Å². The minimum absolute atomic E-state index is 0.0463. The monoisotopic (exact) mass is 320 g/mol. The van der Waals surface area contributed by atoms with E-state index in [2.05, 4.69) is 31.0 Å². The summed E-state index contributed by atoms with van der Waals surface area (Å²) in [6.07, 6.45) is 1.83. The molecule has 2 N–H and O–H groups in total. The molecule has 4 heteroatoms. The van der Waals surface area contributed by atoms with Gasteiger partial charge in [0.1, 0.15) is 5.75 Å². The zero-order valence-corrected chi connectivity index (χ0v) is 15.0. The average Bonchev–Trinajstić information content (AvgIpc) is 2.55. The standard InChI is InChI=1S/C19H32N2O2/c1-14(2)13-21-11-9-17(10-12-21)20-15(3)19(22)16-5-7-18(23-4)8-6-16/h5-8,14-15,17,19-20,22H,9-13H2,1-4H3. The molecule has 0 aliphatic carbocycles. The van der Waals surface area contributed by atoms with Gasteiger partial charge in [0.15, 0.2) is 0 Å². The van der Waals surface area contributed by atoms with E-state index < -0.39 is 6.10 Å². The Labute approximate surface area is 140 Å². The Morgan fingerprint density at radius 3 is 2.30 bits per heavy atom. The largest absolute Gasteiger partial charge is 0.497 e. The number of benzene rings is 1. The van der Waals surface area contributed by atoms with Crippen LogP contribution in [0.25, 0.3) is 0 Å². The lowest BCUT2D eigenvalue weighted by molar-refractivity contribution is 0.113. The van der Waals surface area contributed by atoms with Gasteiger partial charge in [0.05, 0.1) is 13.2 Å². The molecule has 0 bridgehead atoms. The number of aliphatic hydroxyl groups is 1. The molecule has 1 aromatic carbocycles. The van der Waals surface area contributed by atoms with Crippen LogP contribution in [-0.4, -0.2) is 48.8 Å². The number of aliphatic hydroxyl groups excluding tert-OH is 1. The second kappa shape index (κ2) is 8.67. The van der Waals surface area contributed by atoms with Crippen LogP contribution in [0.4, 0.5) is 0 Å². The number of hydrogen-bond donors (Lipinski definition) is 2. The van der Waals surface area contributed by atoms with Gasteiger partial charge < -0.3 is 20.1 Å². The SMILES string of the molecule is COc1ccc(C(O)C(C)NC2CCN(CC(C)C)CC2)cc1. The fourth-order valence-corrected chi connectivity index (χ4v) is 3.35. The van der Waals surface area contributed by atoms with Crippen molar-refractivity contribution in [3.05, 3.63) is 29.8 Å². The van der Waals surface area contributed by atoms with Gasteiger partial charge in [-0.25, -0.2) is 0 Å². The van der Waals surface area contributed by atoms with Crippen LogP contribution in [0.1, 0.15) is 45.3 Å². The average molecular weight is 320 g/mol. The summed E-state index contributed by atoms with van der Waals surface area (Å²) in [5, 5.41) is 14.2. The van der Waals surface area contributed by atoms with Crippen LogP contribution in [-0.2, 0) is 0 Å². The lowest BCUT2D eigenvalue weighted by Crippen LogP contribution is -2.47. The lowest BCUT2D eigenvalue weighted by Gasteiger charge is -2.35. The number of methoxy groups -OCH3 is 1.